The van der Waals surface area contributed by atoms with Crippen molar-refractivity contribution in [3.05, 3.63) is 16.1 Å². The number of nitrogens with zero attached hydrogens (tertiary/aromatic N) is 2. The summed E-state index contributed by atoms with van der Waals surface area (Å²) in [6, 6.07) is 1.65. The van der Waals surface area contributed by atoms with Gasteiger partial charge in [0.2, 0.25) is 0 Å². The maximum absolute atomic E-state index is 8.71. The highest BCUT2D eigenvalue weighted by molar-refractivity contribution is 7.00. The predicted octanol–water partition coefficient (Wildman–Crippen LogP) is 2.79. The Kier molecular flexibility index (Phi) is 3.81. The Labute approximate surface area is 107 Å². The SMILES string of the molecule is OCCCNc1c(Cl)cc(Cl)c2nsnc12. The Bertz CT molecular complexity index is 503. The molecule has 1 heterocycles. The fourth-order valence-corrected chi connectivity index (χ4v) is 2.51. The van der Waals surface area contributed by atoms with Gasteiger partial charge in [-0.1, -0.05) is 23.2 Å². The molecule has 0 aliphatic rings. The van der Waals surface area contributed by atoms with Crippen LogP contribution in [0.25, 0.3) is 11.0 Å². The molecule has 7 heteroatoms. The number of benzene rings is 1. The molecule has 0 saturated carbocycles. The van der Waals surface area contributed by atoms with Gasteiger partial charge in [0, 0.05) is 13.2 Å². The zero-order chi connectivity index (χ0) is 11.5. The number of rotatable bonds is 4. The first-order valence-corrected chi connectivity index (χ1v) is 6.17. The lowest BCUT2D eigenvalue weighted by Crippen LogP contribution is -2.04. The van der Waals surface area contributed by atoms with Gasteiger partial charge in [-0.25, -0.2) is 0 Å². The molecule has 0 aliphatic carbocycles. The van der Waals surface area contributed by atoms with Gasteiger partial charge in [0.05, 0.1) is 27.5 Å². The summed E-state index contributed by atoms with van der Waals surface area (Å²) < 4.78 is 8.25. The fraction of sp³-hybridized carbons (Fsp3) is 0.333. The summed E-state index contributed by atoms with van der Waals surface area (Å²) in [4.78, 5) is 0. The van der Waals surface area contributed by atoms with Crippen LogP contribution in [-0.2, 0) is 0 Å². The van der Waals surface area contributed by atoms with Crippen LogP contribution in [0, 0.1) is 0 Å². The number of fused-ring (bicyclic) bond motifs is 1. The number of hydrogen-bond acceptors (Lipinski definition) is 5. The topological polar surface area (TPSA) is 58.0 Å². The van der Waals surface area contributed by atoms with Gasteiger partial charge in [-0.15, -0.1) is 0 Å². The van der Waals surface area contributed by atoms with Crippen molar-refractivity contribution in [1.82, 2.24) is 8.75 Å². The van der Waals surface area contributed by atoms with E-state index < -0.39 is 0 Å². The molecule has 0 spiro atoms. The van der Waals surface area contributed by atoms with E-state index in [-0.39, 0.29) is 6.61 Å². The Morgan fingerprint density at radius 1 is 1.25 bits per heavy atom. The smallest absolute Gasteiger partial charge is 0.130 e. The van der Waals surface area contributed by atoms with Gasteiger partial charge in [-0.05, 0) is 12.5 Å². The normalized spacial score (nSPS) is 10.9. The predicted molar refractivity (Wildman–Crippen MR) is 67.6 cm³/mol. The van der Waals surface area contributed by atoms with Crippen molar-refractivity contribution in [2.75, 3.05) is 18.5 Å². The van der Waals surface area contributed by atoms with Crippen molar-refractivity contribution >= 4 is 51.7 Å². The third kappa shape index (κ3) is 2.22. The van der Waals surface area contributed by atoms with E-state index >= 15 is 0 Å². The number of nitrogens with one attached hydrogen (secondary N) is 1. The molecular formula is C9H9Cl2N3OS. The first kappa shape index (κ1) is 11.9. The molecule has 4 nitrogen and oxygen atoms in total. The van der Waals surface area contributed by atoms with Crippen LogP contribution in [0.15, 0.2) is 6.07 Å². The van der Waals surface area contributed by atoms with Crippen LogP contribution >= 0.6 is 34.9 Å². The third-order valence-electron chi connectivity index (χ3n) is 2.08. The van der Waals surface area contributed by atoms with Gasteiger partial charge in [-0.3, -0.25) is 0 Å². The molecule has 1 aromatic heterocycles. The molecule has 0 radical (unpaired) electrons. The second kappa shape index (κ2) is 5.14. The van der Waals surface area contributed by atoms with Gasteiger partial charge in [0.15, 0.2) is 0 Å². The summed E-state index contributed by atoms with van der Waals surface area (Å²) in [5, 5.41) is 12.9. The van der Waals surface area contributed by atoms with E-state index in [0.717, 1.165) is 17.4 Å². The molecule has 0 saturated heterocycles. The summed E-state index contributed by atoms with van der Waals surface area (Å²) in [5.74, 6) is 0. The average Bonchev–Trinajstić information content (AvgIpc) is 2.72. The fourth-order valence-electron chi connectivity index (χ4n) is 1.33. The van der Waals surface area contributed by atoms with Gasteiger partial charge >= 0.3 is 0 Å². The summed E-state index contributed by atoms with van der Waals surface area (Å²) in [6.07, 6.45) is 0.651. The molecule has 0 fully saturated rings. The number of hydrogen-bond donors (Lipinski definition) is 2. The van der Waals surface area contributed by atoms with Gasteiger partial charge in [0.25, 0.3) is 0 Å². The largest absolute Gasteiger partial charge is 0.396 e. The first-order valence-electron chi connectivity index (χ1n) is 4.69. The van der Waals surface area contributed by atoms with E-state index in [0.29, 0.717) is 34.0 Å². The lowest BCUT2D eigenvalue weighted by Gasteiger charge is -2.08. The second-order valence-corrected chi connectivity index (χ2v) is 4.52. The van der Waals surface area contributed by atoms with Crippen LogP contribution in [0.4, 0.5) is 5.69 Å². The highest BCUT2D eigenvalue weighted by atomic mass is 35.5. The monoisotopic (exact) mass is 277 g/mol. The van der Waals surface area contributed by atoms with E-state index in [1.165, 1.54) is 0 Å². The molecule has 0 bridgehead atoms. The first-order chi connectivity index (χ1) is 7.74. The molecule has 0 unspecified atom stereocenters. The van der Waals surface area contributed by atoms with Crippen molar-refractivity contribution in [3.8, 4) is 0 Å². The summed E-state index contributed by atoms with van der Waals surface area (Å²) in [6.45, 7) is 0.765. The van der Waals surface area contributed by atoms with E-state index in [1.54, 1.807) is 6.07 Å². The highest BCUT2D eigenvalue weighted by Crippen LogP contribution is 2.34. The molecule has 2 aromatic rings. The summed E-state index contributed by atoms with van der Waals surface area (Å²) in [7, 11) is 0. The molecule has 16 heavy (non-hydrogen) atoms. The van der Waals surface area contributed by atoms with Crippen molar-refractivity contribution in [3.63, 3.8) is 0 Å². The average molecular weight is 278 g/mol. The van der Waals surface area contributed by atoms with Crippen molar-refractivity contribution in [1.29, 1.82) is 0 Å². The van der Waals surface area contributed by atoms with E-state index in [1.807, 2.05) is 0 Å². The molecule has 0 amide bonds. The molecule has 2 N–H and O–H groups in total. The lowest BCUT2D eigenvalue weighted by molar-refractivity contribution is 0.292. The van der Waals surface area contributed by atoms with E-state index in [2.05, 4.69) is 14.1 Å². The van der Waals surface area contributed by atoms with Gasteiger partial charge in [-0.2, -0.15) is 8.75 Å². The maximum Gasteiger partial charge on any atom is 0.130 e. The van der Waals surface area contributed by atoms with Crippen molar-refractivity contribution < 1.29 is 5.11 Å². The second-order valence-electron chi connectivity index (χ2n) is 3.18. The minimum Gasteiger partial charge on any atom is -0.396 e. The van der Waals surface area contributed by atoms with Gasteiger partial charge in [0.1, 0.15) is 11.0 Å². The minimum atomic E-state index is 0.136. The molecule has 2 rings (SSSR count). The van der Waals surface area contributed by atoms with Crippen LogP contribution in [0.2, 0.25) is 10.0 Å². The zero-order valence-electron chi connectivity index (χ0n) is 8.20. The summed E-state index contributed by atoms with van der Waals surface area (Å²) >= 11 is 13.2. The van der Waals surface area contributed by atoms with Crippen molar-refractivity contribution in [2.24, 2.45) is 0 Å². The zero-order valence-corrected chi connectivity index (χ0v) is 10.5. The van der Waals surface area contributed by atoms with E-state index in [4.69, 9.17) is 28.3 Å². The number of aliphatic hydroxyl groups is 1. The Morgan fingerprint density at radius 3 is 2.75 bits per heavy atom. The number of anilines is 1. The Morgan fingerprint density at radius 2 is 2.00 bits per heavy atom. The minimum absolute atomic E-state index is 0.136. The molecular weight excluding hydrogens is 269 g/mol. The highest BCUT2D eigenvalue weighted by Gasteiger charge is 2.13. The number of halogens is 2. The summed E-state index contributed by atoms with van der Waals surface area (Å²) in [5.41, 5.74) is 2.06. The van der Waals surface area contributed by atoms with Crippen LogP contribution in [-0.4, -0.2) is 27.0 Å². The van der Waals surface area contributed by atoms with Crippen LogP contribution in [0.1, 0.15) is 6.42 Å². The van der Waals surface area contributed by atoms with E-state index in [9.17, 15) is 0 Å². The molecule has 0 atom stereocenters. The Hall–Kier alpha value is -0.620. The quantitative estimate of drug-likeness (QED) is 0.844. The molecule has 86 valence electrons. The van der Waals surface area contributed by atoms with Crippen molar-refractivity contribution in [2.45, 2.75) is 6.42 Å². The standard InChI is InChI=1S/C9H9Cl2N3OS/c10-5-4-6(11)8-9(14-16-13-8)7(5)12-2-1-3-15/h4,12,15H,1-3H2. The maximum atomic E-state index is 8.71. The Balaban J connectivity index is 2.38. The number of aliphatic hydroxyl groups excluding tert-OH is 1. The molecule has 1 aromatic carbocycles. The lowest BCUT2D eigenvalue weighted by atomic mass is 10.2. The van der Waals surface area contributed by atoms with Gasteiger partial charge < -0.3 is 10.4 Å². The third-order valence-corrected chi connectivity index (χ3v) is 3.20. The van der Waals surface area contributed by atoms with Crippen LogP contribution in [0.3, 0.4) is 0 Å². The molecule has 0 aliphatic heterocycles. The van der Waals surface area contributed by atoms with Crippen LogP contribution in [0.5, 0.6) is 0 Å². The van der Waals surface area contributed by atoms with Crippen LogP contribution < -0.4 is 5.32 Å². The number of aromatic nitrogens is 2.